The highest BCUT2D eigenvalue weighted by molar-refractivity contribution is 5.96. The Hall–Kier alpha value is -3.71. The molecule has 2 N–H and O–H groups in total. The van der Waals surface area contributed by atoms with Crippen LogP contribution in [0.4, 0.5) is 18.9 Å². The van der Waals surface area contributed by atoms with E-state index < -0.39 is 23.2 Å². The van der Waals surface area contributed by atoms with Gasteiger partial charge in [0.2, 0.25) is 11.8 Å². The highest BCUT2D eigenvalue weighted by atomic mass is 19.4. The summed E-state index contributed by atoms with van der Waals surface area (Å²) in [6.45, 7) is 2.86. The molecule has 1 aromatic heterocycles. The van der Waals surface area contributed by atoms with Crippen LogP contribution in [0.2, 0.25) is 0 Å². The molecule has 0 spiro atoms. The van der Waals surface area contributed by atoms with E-state index in [9.17, 15) is 32.7 Å². The molecular weight excluding hydrogens is 589 g/mol. The number of hydrogen-bond donors (Lipinski definition) is 2. The highest BCUT2D eigenvalue weighted by Gasteiger charge is 2.48. The van der Waals surface area contributed by atoms with Gasteiger partial charge in [0.05, 0.1) is 36.2 Å². The first-order chi connectivity index (χ1) is 21.4. The molecule has 4 fully saturated rings. The maximum atomic E-state index is 13.1. The van der Waals surface area contributed by atoms with E-state index in [2.05, 4.69) is 15.2 Å². The third kappa shape index (κ3) is 6.37. The lowest BCUT2D eigenvalue weighted by Crippen LogP contribution is -2.48. The normalized spacial score (nSPS) is 27.5. The summed E-state index contributed by atoms with van der Waals surface area (Å²) < 4.78 is 39.1. The Bertz CT molecular complexity index is 1430. The number of benzene rings is 1. The van der Waals surface area contributed by atoms with Crippen LogP contribution in [-0.2, 0) is 21.4 Å². The Morgan fingerprint density at radius 2 is 1.78 bits per heavy atom. The average molecular weight is 629 g/mol. The monoisotopic (exact) mass is 628 g/mol. The lowest BCUT2D eigenvalue weighted by Gasteiger charge is -2.41. The number of rotatable bonds is 6. The summed E-state index contributed by atoms with van der Waals surface area (Å²) in [5.74, 6) is -0.883. The van der Waals surface area contributed by atoms with E-state index in [1.165, 1.54) is 12.1 Å². The predicted molar refractivity (Wildman–Crippen MR) is 159 cm³/mol. The number of carbonyl (C=O) groups is 3. The number of aromatic nitrogens is 1. The number of nitrogens with zero attached hydrogens (tertiary/aromatic N) is 5. The number of alkyl halides is 3. The molecule has 0 unspecified atom stereocenters. The van der Waals surface area contributed by atoms with Crippen LogP contribution >= 0.6 is 0 Å². The van der Waals surface area contributed by atoms with Crippen molar-refractivity contribution in [2.45, 2.75) is 68.4 Å². The molecule has 1 aliphatic carbocycles. The van der Waals surface area contributed by atoms with Gasteiger partial charge in [-0.2, -0.15) is 13.2 Å². The van der Waals surface area contributed by atoms with Crippen LogP contribution in [0, 0.1) is 0 Å². The van der Waals surface area contributed by atoms with Crippen LogP contribution in [0.1, 0.15) is 60.1 Å². The molecule has 6 rings (SSSR count). The topological polar surface area (TPSA) is 109 Å². The van der Waals surface area contributed by atoms with Gasteiger partial charge in [0.15, 0.2) is 0 Å². The molecule has 242 valence electrons. The van der Waals surface area contributed by atoms with Crippen molar-refractivity contribution in [3.05, 3.63) is 59.4 Å². The Morgan fingerprint density at radius 1 is 1.02 bits per heavy atom. The number of carbonyl (C=O) groups excluding carboxylic acids is 3. The summed E-state index contributed by atoms with van der Waals surface area (Å²) >= 11 is 0. The second kappa shape index (κ2) is 12.2. The van der Waals surface area contributed by atoms with Gasteiger partial charge < -0.3 is 25.1 Å². The van der Waals surface area contributed by atoms with Gasteiger partial charge in [-0.05, 0) is 68.9 Å². The number of halogens is 3. The quantitative estimate of drug-likeness (QED) is 0.507. The fourth-order valence-corrected chi connectivity index (χ4v) is 7.47. The molecule has 3 aliphatic heterocycles. The van der Waals surface area contributed by atoms with Crippen molar-refractivity contribution in [1.29, 1.82) is 0 Å². The van der Waals surface area contributed by atoms with Gasteiger partial charge in [0.25, 0.3) is 5.91 Å². The van der Waals surface area contributed by atoms with E-state index in [1.54, 1.807) is 23.0 Å². The molecule has 2 aromatic rings. The summed E-state index contributed by atoms with van der Waals surface area (Å²) in [6, 6.07) is 8.48. The number of pyridine rings is 1. The number of likely N-dealkylation sites (N-methyl/N-ethyl adjacent to an activating group) is 1. The van der Waals surface area contributed by atoms with Crippen molar-refractivity contribution in [2.75, 3.05) is 51.2 Å². The number of amides is 3. The van der Waals surface area contributed by atoms with Crippen molar-refractivity contribution in [2.24, 2.45) is 0 Å². The van der Waals surface area contributed by atoms with E-state index in [0.29, 0.717) is 38.2 Å². The molecule has 4 heterocycles. The Balaban J connectivity index is 1.000. The van der Waals surface area contributed by atoms with Crippen LogP contribution in [0.15, 0.2) is 42.6 Å². The molecule has 2 atom stereocenters. The predicted octanol–water partition coefficient (Wildman–Crippen LogP) is 2.61. The summed E-state index contributed by atoms with van der Waals surface area (Å²) in [4.78, 5) is 50.3. The van der Waals surface area contributed by atoms with Gasteiger partial charge >= 0.3 is 6.18 Å². The second-order valence-electron chi connectivity index (χ2n) is 12.7. The standard InChI is InChI=1S/C32H39F3N6O4/c1-38-15-16-39(20-29(38)43)24-5-6-27(36-18-24)31(45)11-7-23(8-12-31)40-13-9-26-25(40)10-14-41(26)28(42)19-37-30(44)21-3-2-4-22(17-21)32(33,34)35/h2-6,17-18,23,25-26,45H,7-16,19-20H2,1H3,(H,37,44)/t23?,25-,26-,31?/m1/s1. The highest BCUT2D eigenvalue weighted by Crippen LogP contribution is 2.42. The zero-order chi connectivity index (χ0) is 31.9. The number of hydrogen-bond acceptors (Lipinski definition) is 7. The third-order valence-electron chi connectivity index (χ3n) is 10.1. The molecule has 13 heteroatoms. The first-order valence-corrected chi connectivity index (χ1v) is 15.6. The number of nitrogens with one attached hydrogen (secondary N) is 1. The van der Waals surface area contributed by atoms with Crippen LogP contribution in [-0.4, -0.2) is 107 Å². The van der Waals surface area contributed by atoms with Gasteiger partial charge in [-0.1, -0.05) is 6.07 Å². The van der Waals surface area contributed by atoms with Crippen LogP contribution < -0.4 is 10.2 Å². The number of aliphatic hydroxyl groups is 1. The van der Waals surface area contributed by atoms with Gasteiger partial charge in [-0.3, -0.25) is 24.3 Å². The minimum Gasteiger partial charge on any atom is -0.384 e. The largest absolute Gasteiger partial charge is 0.416 e. The van der Waals surface area contributed by atoms with Gasteiger partial charge in [0, 0.05) is 56.9 Å². The maximum Gasteiger partial charge on any atom is 0.416 e. The van der Waals surface area contributed by atoms with Gasteiger partial charge in [0.1, 0.15) is 5.60 Å². The summed E-state index contributed by atoms with van der Waals surface area (Å²) in [6.07, 6.45) is 1.58. The van der Waals surface area contributed by atoms with Crippen LogP contribution in [0.3, 0.4) is 0 Å². The van der Waals surface area contributed by atoms with Gasteiger partial charge in [-0.15, -0.1) is 0 Å². The fraction of sp³-hybridized carbons (Fsp3) is 0.562. The van der Waals surface area contributed by atoms with Crippen LogP contribution in [0.25, 0.3) is 0 Å². The van der Waals surface area contributed by atoms with E-state index >= 15 is 0 Å². The first kappa shape index (κ1) is 31.3. The Labute approximate surface area is 260 Å². The molecule has 45 heavy (non-hydrogen) atoms. The van der Waals surface area contributed by atoms with E-state index in [1.807, 2.05) is 17.0 Å². The molecule has 3 saturated heterocycles. The molecule has 3 amide bonds. The summed E-state index contributed by atoms with van der Waals surface area (Å²) in [7, 11) is 1.80. The lowest BCUT2D eigenvalue weighted by atomic mass is 9.79. The number of piperazine rings is 1. The van der Waals surface area contributed by atoms with Crippen molar-refractivity contribution < 1.29 is 32.7 Å². The molecule has 1 aromatic carbocycles. The van der Waals surface area contributed by atoms with Crippen LogP contribution in [0.5, 0.6) is 0 Å². The minimum absolute atomic E-state index is 0.0273. The Morgan fingerprint density at radius 3 is 2.47 bits per heavy atom. The van der Waals surface area contributed by atoms with E-state index in [0.717, 1.165) is 56.6 Å². The average Bonchev–Trinajstić information content (AvgIpc) is 3.64. The first-order valence-electron chi connectivity index (χ1n) is 15.6. The minimum atomic E-state index is -4.56. The number of likely N-dealkylation sites (tertiary alicyclic amines) is 2. The number of fused-ring (bicyclic) bond motifs is 1. The maximum absolute atomic E-state index is 13.1. The van der Waals surface area contributed by atoms with Crippen molar-refractivity contribution in [3.8, 4) is 0 Å². The van der Waals surface area contributed by atoms with Crippen molar-refractivity contribution in [1.82, 2.24) is 25.0 Å². The zero-order valence-corrected chi connectivity index (χ0v) is 25.3. The Kier molecular flexibility index (Phi) is 8.51. The molecule has 0 bridgehead atoms. The third-order valence-corrected chi connectivity index (χ3v) is 10.1. The van der Waals surface area contributed by atoms with Crippen molar-refractivity contribution >= 4 is 23.4 Å². The van der Waals surface area contributed by atoms with Crippen molar-refractivity contribution in [3.63, 3.8) is 0 Å². The van der Waals surface area contributed by atoms with E-state index in [-0.39, 0.29) is 42.0 Å². The molecule has 10 nitrogen and oxygen atoms in total. The summed E-state index contributed by atoms with van der Waals surface area (Å²) in [5, 5.41) is 14.0. The molecule has 1 saturated carbocycles. The van der Waals surface area contributed by atoms with Gasteiger partial charge in [-0.25, -0.2) is 0 Å². The molecular formula is C32H39F3N6O4. The second-order valence-corrected chi connectivity index (χ2v) is 12.7. The SMILES string of the molecule is CN1CCN(c2ccc(C3(O)CCC(N4CC[C@@H]5[C@H]4CCN5C(=O)CNC(=O)c4cccc(C(F)(F)F)c4)CC3)nc2)CC1=O. The number of anilines is 1. The molecule has 0 radical (unpaired) electrons. The fourth-order valence-electron chi connectivity index (χ4n) is 7.47. The lowest BCUT2D eigenvalue weighted by molar-refractivity contribution is -0.137. The molecule has 4 aliphatic rings. The smallest absolute Gasteiger partial charge is 0.384 e. The summed E-state index contributed by atoms with van der Waals surface area (Å²) in [5.41, 5.74) is -0.545. The van der Waals surface area contributed by atoms with E-state index in [4.69, 9.17) is 0 Å². The zero-order valence-electron chi connectivity index (χ0n) is 25.3.